The van der Waals surface area contributed by atoms with E-state index in [-0.39, 0.29) is 11.8 Å². The molecule has 8 heteroatoms. The second-order valence-electron chi connectivity index (χ2n) is 6.39. The van der Waals surface area contributed by atoms with Gasteiger partial charge in [-0.05, 0) is 30.8 Å². The van der Waals surface area contributed by atoms with Crippen molar-refractivity contribution in [3.63, 3.8) is 0 Å². The maximum atomic E-state index is 12.8. The fraction of sp³-hybridized carbons (Fsp3) is 0.688. The van der Waals surface area contributed by atoms with Crippen molar-refractivity contribution in [3.8, 4) is 0 Å². The third-order valence-electron chi connectivity index (χ3n) is 4.95. The van der Waals surface area contributed by atoms with E-state index in [1.165, 1.54) is 15.6 Å². The van der Waals surface area contributed by atoms with E-state index in [9.17, 15) is 13.2 Å². The summed E-state index contributed by atoms with van der Waals surface area (Å²) in [5.41, 5.74) is 0. The first-order valence-electron chi connectivity index (χ1n) is 8.57. The molecule has 1 aromatic rings. The Bertz CT molecular complexity index is 652. The Morgan fingerprint density at radius 1 is 1.25 bits per heavy atom. The molecule has 0 N–H and O–H groups in total. The highest BCUT2D eigenvalue weighted by molar-refractivity contribution is 7.91. The van der Waals surface area contributed by atoms with Crippen molar-refractivity contribution < 1.29 is 13.2 Å². The first-order chi connectivity index (χ1) is 11.5. The summed E-state index contributed by atoms with van der Waals surface area (Å²) in [6.07, 6.45) is 1.53. The number of amides is 1. The van der Waals surface area contributed by atoms with E-state index in [1.807, 2.05) is 4.90 Å². The van der Waals surface area contributed by atoms with Gasteiger partial charge in [0.05, 0.1) is 5.92 Å². The molecule has 24 heavy (non-hydrogen) atoms. The van der Waals surface area contributed by atoms with Crippen LogP contribution in [0, 0.1) is 5.92 Å². The van der Waals surface area contributed by atoms with Crippen molar-refractivity contribution in [1.82, 2.24) is 14.1 Å². The van der Waals surface area contributed by atoms with Crippen LogP contribution in [0.2, 0.25) is 0 Å². The Kier molecular flexibility index (Phi) is 5.59. The van der Waals surface area contributed by atoms with E-state index in [2.05, 4.69) is 11.8 Å². The number of hydrogen-bond acceptors (Lipinski definition) is 5. The van der Waals surface area contributed by atoms with Gasteiger partial charge in [-0.1, -0.05) is 13.0 Å². The third kappa shape index (κ3) is 3.66. The molecule has 3 heterocycles. The van der Waals surface area contributed by atoms with E-state index < -0.39 is 10.0 Å². The summed E-state index contributed by atoms with van der Waals surface area (Å²) in [5, 5.41) is 1.77. The average Bonchev–Trinajstić information content (AvgIpc) is 3.17. The van der Waals surface area contributed by atoms with Crippen LogP contribution in [0.4, 0.5) is 0 Å². The first-order valence-corrected chi connectivity index (χ1v) is 10.9. The van der Waals surface area contributed by atoms with E-state index in [0.717, 1.165) is 45.6 Å². The molecule has 3 rings (SSSR count). The summed E-state index contributed by atoms with van der Waals surface area (Å²) in [5.74, 6) is -0.0847. The van der Waals surface area contributed by atoms with Crippen LogP contribution >= 0.6 is 11.3 Å². The van der Waals surface area contributed by atoms with Gasteiger partial charge in [0.1, 0.15) is 4.21 Å². The fourth-order valence-corrected chi connectivity index (χ4v) is 6.11. The minimum atomic E-state index is -3.46. The smallest absolute Gasteiger partial charge is 0.252 e. The molecule has 2 fully saturated rings. The number of thiophene rings is 1. The number of carbonyl (C=O) groups excluding carboxylic acids is 1. The fourth-order valence-electron chi connectivity index (χ4n) is 3.44. The van der Waals surface area contributed by atoms with Gasteiger partial charge in [-0.2, -0.15) is 4.31 Å². The Morgan fingerprint density at radius 2 is 2.00 bits per heavy atom. The second-order valence-corrected chi connectivity index (χ2v) is 9.51. The zero-order chi connectivity index (χ0) is 17.2. The third-order valence-corrected chi connectivity index (χ3v) is 8.19. The second kappa shape index (κ2) is 7.51. The Morgan fingerprint density at radius 3 is 2.62 bits per heavy atom. The highest BCUT2D eigenvalue weighted by Gasteiger charge is 2.36. The topological polar surface area (TPSA) is 60.9 Å². The summed E-state index contributed by atoms with van der Waals surface area (Å²) in [6.45, 7) is 7.28. The van der Waals surface area contributed by atoms with Gasteiger partial charge in [-0.3, -0.25) is 4.79 Å². The molecule has 6 nitrogen and oxygen atoms in total. The monoisotopic (exact) mass is 371 g/mol. The summed E-state index contributed by atoms with van der Waals surface area (Å²) in [6, 6.07) is 3.38. The lowest BCUT2D eigenvalue weighted by atomic mass is 9.98. The van der Waals surface area contributed by atoms with Crippen molar-refractivity contribution in [2.45, 2.75) is 24.0 Å². The van der Waals surface area contributed by atoms with E-state index in [4.69, 9.17) is 0 Å². The van der Waals surface area contributed by atoms with Gasteiger partial charge >= 0.3 is 0 Å². The van der Waals surface area contributed by atoms with E-state index in [0.29, 0.717) is 17.3 Å². The number of carbonyl (C=O) groups is 1. The van der Waals surface area contributed by atoms with Crippen LogP contribution in [0.5, 0.6) is 0 Å². The minimum Gasteiger partial charge on any atom is -0.340 e. The van der Waals surface area contributed by atoms with Crippen LogP contribution in [-0.2, 0) is 14.8 Å². The predicted molar refractivity (Wildman–Crippen MR) is 94.5 cm³/mol. The maximum absolute atomic E-state index is 12.8. The van der Waals surface area contributed by atoms with Crippen molar-refractivity contribution in [2.75, 3.05) is 45.8 Å². The van der Waals surface area contributed by atoms with Gasteiger partial charge in [0, 0.05) is 39.3 Å². The number of hydrogen-bond donors (Lipinski definition) is 0. The molecule has 134 valence electrons. The Hall–Kier alpha value is -0.960. The van der Waals surface area contributed by atoms with Crippen LogP contribution in [0.1, 0.15) is 19.8 Å². The lowest BCUT2D eigenvalue weighted by Crippen LogP contribution is -2.52. The van der Waals surface area contributed by atoms with Gasteiger partial charge in [-0.15, -0.1) is 11.3 Å². The molecule has 0 aromatic carbocycles. The van der Waals surface area contributed by atoms with Crippen LogP contribution in [0.3, 0.4) is 0 Å². The van der Waals surface area contributed by atoms with Crippen LogP contribution < -0.4 is 0 Å². The number of sulfonamides is 1. The van der Waals surface area contributed by atoms with Gasteiger partial charge < -0.3 is 9.80 Å². The molecule has 1 aromatic heterocycles. The van der Waals surface area contributed by atoms with Crippen molar-refractivity contribution >= 4 is 27.3 Å². The number of likely N-dealkylation sites (N-methyl/N-ethyl adjacent to an activating group) is 1. The average molecular weight is 372 g/mol. The standard InChI is InChI=1S/C16H25N3O3S2/c1-2-17-8-10-18(11-9-17)16(20)14-5-3-7-19(13-14)24(21,22)15-6-4-12-23-15/h4,6,12,14H,2-3,5,7-11,13H2,1H3. The summed E-state index contributed by atoms with van der Waals surface area (Å²) >= 11 is 1.23. The molecule has 0 bridgehead atoms. The lowest BCUT2D eigenvalue weighted by Gasteiger charge is -2.38. The normalized spacial score (nSPS) is 24.2. The van der Waals surface area contributed by atoms with Crippen LogP contribution in [-0.4, -0.2) is 74.2 Å². The van der Waals surface area contributed by atoms with E-state index >= 15 is 0 Å². The predicted octanol–water partition coefficient (Wildman–Crippen LogP) is 1.31. The highest BCUT2D eigenvalue weighted by atomic mass is 32.2. The number of nitrogens with zero attached hydrogens (tertiary/aromatic N) is 3. The first kappa shape index (κ1) is 17.8. The number of piperidine rings is 1. The molecule has 0 spiro atoms. The molecule has 0 aliphatic carbocycles. The minimum absolute atomic E-state index is 0.122. The quantitative estimate of drug-likeness (QED) is 0.801. The van der Waals surface area contributed by atoms with Crippen LogP contribution in [0.15, 0.2) is 21.7 Å². The van der Waals surface area contributed by atoms with Gasteiger partial charge in [-0.25, -0.2) is 8.42 Å². The summed E-state index contributed by atoms with van der Waals surface area (Å²) < 4.78 is 27.2. The Labute approximate surface area is 148 Å². The molecule has 2 aliphatic rings. The zero-order valence-electron chi connectivity index (χ0n) is 14.1. The molecule has 2 aliphatic heterocycles. The zero-order valence-corrected chi connectivity index (χ0v) is 15.7. The molecular formula is C16H25N3O3S2. The summed E-state index contributed by atoms with van der Waals surface area (Å²) in [4.78, 5) is 17.0. The van der Waals surface area contributed by atoms with Crippen LogP contribution in [0.25, 0.3) is 0 Å². The van der Waals surface area contributed by atoms with Gasteiger partial charge in [0.2, 0.25) is 5.91 Å². The molecule has 1 atom stereocenters. The molecule has 0 radical (unpaired) electrons. The van der Waals surface area contributed by atoms with Gasteiger partial charge in [0.15, 0.2) is 0 Å². The van der Waals surface area contributed by atoms with Gasteiger partial charge in [0.25, 0.3) is 10.0 Å². The maximum Gasteiger partial charge on any atom is 0.252 e. The Balaban J connectivity index is 1.64. The molecule has 0 saturated carbocycles. The van der Waals surface area contributed by atoms with Crippen molar-refractivity contribution in [3.05, 3.63) is 17.5 Å². The highest BCUT2D eigenvalue weighted by Crippen LogP contribution is 2.27. The molecule has 2 saturated heterocycles. The number of piperazine rings is 1. The number of rotatable bonds is 4. The van der Waals surface area contributed by atoms with Crippen molar-refractivity contribution in [2.24, 2.45) is 5.92 Å². The van der Waals surface area contributed by atoms with E-state index in [1.54, 1.807) is 17.5 Å². The largest absolute Gasteiger partial charge is 0.340 e. The molecular weight excluding hydrogens is 346 g/mol. The molecule has 1 unspecified atom stereocenters. The van der Waals surface area contributed by atoms with Crippen molar-refractivity contribution in [1.29, 1.82) is 0 Å². The lowest BCUT2D eigenvalue weighted by molar-refractivity contribution is -0.138. The molecule has 1 amide bonds. The summed E-state index contributed by atoms with van der Waals surface area (Å²) in [7, 11) is -3.46. The SMILES string of the molecule is CCN1CCN(C(=O)C2CCCN(S(=O)(=O)c3cccs3)C2)CC1.